The molecule has 2 rings (SSSR count). The summed E-state index contributed by atoms with van der Waals surface area (Å²) in [5.74, 6) is -0.291. The van der Waals surface area contributed by atoms with E-state index in [-0.39, 0.29) is 17.3 Å². The number of halogens is 1. The zero-order valence-electron chi connectivity index (χ0n) is 11.3. The molecule has 0 fully saturated rings. The molecule has 1 atom stereocenters. The van der Waals surface area contributed by atoms with Gasteiger partial charge in [0.15, 0.2) is 0 Å². The SMILES string of the molecule is CC(N)c1cc(C(C)(C)C)nc2c(F)cccc12. The summed E-state index contributed by atoms with van der Waals surface area (Å²) in [6, 6.07) is 6.86. The number of pyridine rings is 1. The first kappa shape index (κ1) is 13.0. The highest BCUT2D eigenvalue weighted by Gasteiger charge is 2.20. The first-order valence-electron chi connectivity index (χ1n) is 6.16. The lowest BCUT2D eigenvalue weighted by atomic mass is 9.89. The van der Waals surface area contributed by atoms with Gasteiger partial charge in [-0.2, -0.15) is 0 Å². The van der Waals surface area contributed by atoms with E-state index in [2.05, 4.69) is 25.8 Å². The molecule has 1 aromatic carbocycles. The monoisotopic (exact) mass is 246 g/mol. The van der Waals surface area contributed by atoms with Crippen LogP contribution in [0.3, 0.4) is 0 Å². The lowest BCUT2D eigenvalue weighted by molar-refractivity contribution is 0.566. The highest BCUT2D eigenvalue weighted by Crippen LogP contribution is 2.29. The van der Waals surface area contributed by atoms with Crippen LogP contribution in [0.15, 0.2) is 24.3 Å². The van der Waals surface area contributed by atoms with Crippen molar-refractivity contribution in [3.63, 3.8) is 0 Å². The number of nitrogens with zero attached hydrogens (tertiary/aromatic N) is 1. The molecule has 0 aliphatic rings. The highest BCUT2D eigenvalue weighted by atomic mass is 19.1. The van der Waals surface area contributed by atoms with Crippen LogP contribution >= 0.6 is 0 Å². The van der Waals surface area contributed by atoms with Gasteiger partial charge in [-0.3, -0.25) is 0 Å². The van der Waals surface area contributed by atoms with Gasteiger partial charge in [0.1, 0.15) is 11.3 Å². The van der Waals surface area contributed by atoms with Gasteiger partial charge < -0.3 is 5.73 Å². The molecule has 0 radical (unpaired) electrons. The van der Waals surface area contributed by atoms with Crippen molar-refractivity contribution >= 4 is 10.9 Å². The third kappa shape index (κ3) is 2.23. The number of aromatic nitrogens is 1. The fourth-order valence-electron chi connectivity index (χ4n) is 2.00. The largest absolute Gasteiger partial charge is 0.324 e. The van der Waals surface area contributed by atoms with E-state index >= 15 is 0 Å². The highest BCUT2D eigenvalue weighted by molar-refractivity contribution is 5.83. The number of para-hydroxylation sites is 1. The van der Waals surface area contributed by atoms with Crippen molar-refractivity contribution in [1.82, 2.24) is 4.98 Å². The van der Waals surface area contributed by atoms with Crippen LogP contribution in [-0.2, 0) is 5.41 Å². The molecule has 0 saturated carbocycles. The minimum Gasteiger partial charge on any atom is -0.324 e. The summed E-state index contributed by atoms with van der Waals surface area (Å²) in [7, 11) is 0. The quantitative estimate of drug-likeness (QED) is 0.833. The third-order valence-corrected chi connectivity index (χ3v) is 3.08. The standard InChI is InChI=1S/C15H19FN2/c1-9(17)11-8-13(15(2,3)4)18-14-10(11)6-5-7-12(14)16/h5-9H,17H2,1-4H3. The molecule has 1 heterocycles. The Hall–Kier alpha value is -1.48. The fraction of sp³-hybridized carbons (Fsp3) is 0.400. The Labute approximate surface area is 107 Å². The van der Waals surface area contributed by atoms with Gasteiger partial charge in [-0.15, -0.1) is 0 Å². The van der Waals surface area contributed by atoms with Gasteiger partial charge in [0, 0.05) is 22.5 Å². The van der Waals surface area contributed by atoms with Crippen molar-refractivity contribution in [1.29, 1.82) is 0 Å². The summed E-state index contributed by atoms with van der Waals surface area (Å²) in [5.41, 5.74) is 8.10. The summed E-state index contributed by atoms with van der Waals surface area (Å²) in [4.78, 5) is 4.46. The number of benzene rings is 1. The third-order valence-electron chi connectivity index (χ3n) is 3.08. The van der Waals surface area contributed by atoms with E-state index < -0.39 is 0 Å². The van der Waals surface area contributed by atoms with Crippen LogP contribution in [0.5, 0.6) is 0 Å². The molecule has 18 heavy (non-hydrogen) atoms. The van der Waals surface area contributed by atoms with E-state index in [1.165, 1.54) is 6.07 Å². The Morgan fingerprint density at radius 1 is 1.28 bits per heavy atom. The smallest absolute Gasteiger partial charge is 0.149 e. The number of fused-ring (bicyclic) bond motifs is 1. The number of hydrogen-bond acceptors (Lipinski definition) is 2. The topological polar surface area (TPSA) is 38.9 Å². The van der Waals surface area contributed by atoms with Gasteiger partial charge in [0.25, 0.3) is 0 Å². The fourth-order valence-corrected chi connectivity index (χ4v) is 2.00. The second-order valence-electron chi connectivity index (χ2n) is 5.77. The molecule has 1 aromatic heterocycles. The predicted molar refractivity (Wildman–Crippen MR) is 73.0 cm³/mol. The zero-order chi connectivity index (χ0) is 13.5. The van der Waals surface area contributed by atoms with Gasteiger partial charge in [-0.05, 0) is 24.6 Å². The van der Waals surface area contributed by atoms with E-state index in [9.17, 15) is 4.39 Å². The number of hydrogen-bond donors (Lipinski definition) is 1. The van der Waals surface area contributed by atoms with Crippen LogP contribution < -0.4 is 5.73 Å². The summed E-state index contributed by atoms with van der Waals surface area (Å²) in [6.07, 6.45) is 0. The van der Waals surface area contributed by atoms with Crippen LogP contribution in [0.2, 0.25) is 0 Å². The molecule has 0 bridgehead atoms. The van der Waals surface area contributed by atoms with Crippen LogP contribution in [-0.4, -0.2) is 4.98 Å². The van der Waals surface area contributed by atoms with Crippen LogP contribution in [0.25, 0.3) is 10.9 Å². The Balaban J connectivity index is 2.84. The number of rotatable bonds is 1. The maximum Gasteiger partial charge on any atom is 0.149 e. The van der Waals surface area contributed by atoms with Gasteiger partial charge in [0.2, 0.25) is 0 Å². The van der Waals surface area contributed by atoms with Gasteiger partial charge >= 0.3 is 0 Å². The second kappa shape index (κ2) is 4.32. The van der Waals surface area contributed by atoms with Crippen molar-refractivity contribution < 1.29 is 4.39 Å². The summed E-state index contributed by atoms with van der Waals surface area (Å²) < 4.78 is 13.9. The first-order valence-corrected chi connectivity index (χ1v) is 6.16. The van der Waals surface area contributed by atoms with E-state index in [0.29, 0.717) is 5.52 Å². The van der Waals surface area contributed by atoms with E-state index in [0.717, 1.165) is 16.6 Å². The molecular formula is C15H19FN2. The van der Waals surface area contributed by atoms with Gasteiger partial charge in [-0.25, -0.2) is 9.37 Å². The van der Waals surface area contributed by atoms with Crippen molar-refractivity contribution in [3.05, 3.63) is 41.3 Å². The van der Waals surface area contributed by atoms with Crippen molar-refractivity contribution in [3.8, 4) is 0 Å². The van der Waals surface area contributed by atoms with Crippen LogP contribution in [0.1, 0.15) is 45.0 Å². The van der Waals surface area contributed by atoms with E-state index in [1.807, 2.05) is 19.1 Å². The van der Waals surface area contributed by atoms with Crippen LogP contribution in [0, 0.1) is 5.82 Å². The molecule has 2 N–H and O–H groups in total. The Morgan fingerprint density at radius 2 is 1.94 bits per heavy atom. The minimum absolute atomic E-state index is 0.125. The predicted octanol–water partition coefficient (Wildman–Crippen LogP) is 3.69. The lowest BCUT2D eigenvalue weighted by Crippen LogP contribution is -2.16. The normalized spacial score (nSPS) is 13.9. The molecule has 0 saturated heterocycles. The minimum atomic E-state index is -0.291. The summed E-state index contributed by atoms with van der Waals surface area (Å²) in [6.45, 7) is 8.10. The Kier molecular flexibility index (Phi) is 3.11. The van der Waals surface area contributed by atoms with Crippen molar-refractivity contribution in [2.75, 3.05) is 0 Å². The van der Waals surface area contributed by atoms with Crippen molar-refractivity contribution in [2.24, 2.45) is 5.73 Å². The Bertz CT molecular complexity index is 583. The average Bonchev–Trinajstić information content (AvgIpc) is 2.27. The molecular weight excluding hydrogens is 227 g/mol. The molecule has 0 aliphatic carbocycles. The molecule has 2 nitrogen and oxygen atoms in total. The molecule has 96 valence electrons. The van der Waals surface area contributed by atoms with Gasteiger partial charge in [-0.1, -0.05) is 32.9 Å². The molecule has 0 spiro atoms. The molecule has 1 unspecified atom stereocenters. The summed E-state index contributed by atoms with van der Waals surface area (Å²) in [5, 5.41) is 0.804. The zero-order valence-corrected chi connectivity index (χ0v) is 11.3. The van der Waals surface area contributed by atoms with Crippen LogP contribution in [0.4, 0.5) is 4.39 Å². The Morgan fingerprint density at radius 3 is 2.50 bits per heavy atom. The lowest BCUT2D eigenvalue weighted by Gasteiger charge is -2.21. The van der Waals surface area contributed by atoms with Gasteiger partial charge in [0.05, 0.1) is 0 Å². The maximum absolute atomic E-state index is 13.9. The number of nitrogens with two attached hydrogens (primary N) is 1. The molecule has 2 aromatic rings. The molecule has 0 aliphatic heterocycles. The van der Waals surface area contributed by atoms with Crippen molar-refractivity contribution in [2.45, 2.75) is 39.2 Å². The maximum atomic E-state index is 13.9. The molecule has 0 amide bonds. The van der Waals surface area contributed by atoms with E-state index in [4.69, 9.17) is 5.73 Å². The van der Waals surface area contributed by atoms with E-state index in [1.54, 1.807) is 6.07 Å². The first-order chi connectivity index (χ1) is 8.30. The second-order valence-corrected chi connectivity index (χ2v) is 5.77. The molecule has 3 heteroatoms. The average molecular weight is 246 g/mol. The summed E-state index contributed by atoms with van der Waals surface area (Å²) >= 11 is 0.